The van der Waals surface area contributed by atoms with Crippen LogP contribution in [0.25, 0.3) is 0 Å². The smallest absolute Gasteiger partial charge is 0.264 e. The lowest BCUT2D eigenvalue weighted by molar-refractivity contribution is -0.136. The van der Waals surface area contributed by atoms with Gasteiger partial charge in [-0.25, -0.2) is 18.7 Å². The number of piperidine rings is 3. The summed E-state index contributed by atoms with van der Waals surface area (Å²) in [5.74, 6) is -1.68. The van der Waals surface area contributed by atoms with Crippen molar-refractivity contribution >= 4 is 52.5 Å². The number of amides is 5. The number of fused-ring (bicyclic) bond motifs is 1. The number of rotatable bonds is 14. The van der Waals surface area contributed by atoms with Crippen LogP contribution in [0.4, 0.5) is 31.8 Å². The zero-order chi connectivity index (χ0) is 46.9. The second kappa shape index (κ2) is 19.4. The zero-order valence-corrected chi connectivity index (χ0v) is 38.6. The van der Waals surface area contributed by atoms with Gasteiger partial charge in [-0.1, -0.05) is 19.9 Å². The van der Waals surface area contributed by atoms with Gasteiger partial charge in [0.15, 0.2) is 0 Å². The molecule has 1 atom stereocenters. The summed E-state index contributed by atoms with van der Waals surface area (Å²) in [6.07, 6.45) is 5.88. The second-order valence-electron chi connectivity index (χ2n) is 19.8. The highest BCUT2D eigenvalue weighted by Crippen LogP contribution is 2.35. The Kier molecular flexibility index (Phi) is 13.4. The van der Waals surface area contributed by atoms with Gasteiger partial charge in [-0.05, 0) is 81.8 Å². The average Bonchev–Trinajstić information content (AvgIpc) is 3.56. The third-order valence-electron chi connectivity index (χ3n) is 14.6. The van der Waals surface area contributed by atoms with E-state index in [1.54, 1.807) is 29.4 Å². The fraction of sp³-hybridized carbons (Fsp3) is 0.562. The van der Waals surface area contributed by atoms with Gasteiger partial charge in [0.1, 0.15) is 35.6 Å². The summed E-state index contributed by atoms with van der Waals surface area (Å²) in [7, 11) is 0. The molecule has 3 aromatic rings. The number of anilines is 4. The molecule has 5 fully saturated rings. The van der Waals surface area contributed by atoms with Gasteiger partial charge in [0, 0.05) is 102 Å². The van der Waals surface area contributed by atoms with Crippen molar-refractivity contribution in [1.82, 2.24) is 40.2 Å². The Morgan fingerprint density at radius 3 is 2.25 bits per heavy atom. The fourth-order valence-corrected chi connectivity index (χ4v) is 10.5. The van der Waals surface area contributed by atoms with Crippen molar-refractivity contribution < 1.29 is 32.8 Å². The molecule has 1 unspecified atom stereocenters. The van der Waals surface area contributed by atoms with E-state index in [0.717, 1.165) is 88.2 Å². The maximum Gasteiger partial charge on any atom is 0.264 e. The summed E-state index contributed by atoms with van der Waals surface area (Å²) < 4.78 is 31.2. The first-order valence-corrected chi connectivity index (χ1v) is 23.8. The van der Waals surface area contributed by atoms with Crippen molar-refractivity contribution in [3.8, 4) is 0 Å². The van der Waals surface area contributed by atoms with Crippen LogP contribution in [0, 0.1) is 17.0 Å². The quantitative estimate of drug-likeness (QED) is 0.137. The Bertz CT molecular complexity index is 2380. The van der Waals surface area contributed by atoms with E-state index in [0.29, 0.717) is 63.4 Å². The highest BCUT2D eigenvalue weighted by atomic mass is 19.1. The van der Waals surface area contributed by atoms with E-state index in [2.05, 4.69) is 64.7 Å². The number of benzene rings is 2. The summed E-state index contributed by atoms with van der Waals surface area (Å²) in [4.78, 5) is 84.7. The summed E-state index contributed by atoms with van der Waals surface area (Å²) in [5.41, 5.74) is 1.27. The van der Waals surface area contributed by atoms with E-state index in [9.17, 15) is 24.0 Å². The molecule has 4 N–H and O–H groups in total. The molecule has 9 rings (SSSR count). The third kappa shape index (κ3) is 10.4. The van der Waals surface area contributed by atoms with Crippen molar-refractivity contribution in [2.45, 2.75) is 76.9 Å². The van der Waals surface area contributed by atoms with E-state index in [-0.39, 0.29) is 47.5 Å². The standard InChI is InChI=1S/C48H62F2N12O5/c1-47(2)9-16-59(17-10-47)28-32-25-35(50)38(26-34(32)49)61-29-42(64)56-48(30-61)11-18-60(19-12-48)40-27-39(53-31-54-40)52-14-20-58-23-21-57(22-24-58)15-4-13-51-36-6-3-5-33-43(36)46(67)62(45(33)66)37-7-8-41(63)55-44(37)65/h3,5-6,25-27,31,37,51H,4,7-24,28-30H2,1-2H3,(H,56,64)(H,52,53,54)(H,55,63,65). The molecule has 0 aliphatic carbocycles. The van der Waals surface area contributed by atoms with Crippen molar-refractivity contribution in [2.75, 3.05) is 112 Å². The number of nitrogens with one attached hydrogen (secondary N) is 4. The molecule has 67 heavy (non-hydrogen) atoms. The number of halogens is 2. The molecular formula is C48H62F2N12O5. The van der Waals surface area contributed by atoms with Crippen LogP contribution >= 0.6 is 0 Å². The van der Waals surface area contributed by atoms with Gasteiger partial charge in [0.05, 0.1) is 28.9 Å². The highest BCUT2D eigenvalue weighted by molar-refractivity contribution is 6.25. The second-order valence-corrected chi connectivity index (χ2v) is 19.8. The van der Waals surface area contributed by atoms with Gasteiger partial charge in [-0.15, -0.1) is 0 Å². The third-order valence-corrected chi connectivity index (χ3v) is 14.6. The molecule has 7 heterocycles. The minimum atomic E-state index is -1.00. The molecular weight excluding hydrogens is 863 g/mol. The molecule has 6 aliphatic rings. The van der Waals surface area contributed by atoms with Gasteiger partial charge in [-0.3, -0.25) is 44.0 Å². The molecule has 0 radical (unpaired) electrons. The maximum atomic E-state index is 15.7. The fourth-order valence-electron chi connectivity index (χ4n) is 10.5. The van der Waals surface area contributed by atoms with Crippen molar-refractivity contribution in [2.24, 2.45) is 5.41 Å². The summed E-state index contributed by atoms with van der Waals surface area (Å²) >= 11 is 0. The largest absolute Gasteiger partial charge is 0.384 e. The number of likely N-dealkylation sites (tertiary alicyclic amines) is 1. The van der Waals surface area contributed by atoms with E-state index in [1.807, 2.05) is 6.07 Å². The van der Waals surface area contributed by atoms with Gasteiger partial charge < -0.3 is 30.7 Å². The number of hydrogen-bond acceptors (Lipinski definition) is 14. The van der Waals surface area contributed by atoms with Crippen LogP contribution in [0.3, 0.4) is 0 Å². The Morgan fingerprint density at radius 1 is 0.761 bits per heavy atom. The molecule has 358 valence electrons. The van der Waals surface area contributed by atoms with Crippen LogP contribution in [0.1, 0.15) is 85.1 Å². The van der Waals surface area contributed by atoms with E-state index >= 15 is 8.78 Å². The molecule has 0 bridgehead atoms. The molecule has 1 spiro atoms. The van der Waals surface area contributed by atoms with Crippen molar-refractivity contribution in [1.29, 1.82) is 0 Å². The molecule has 17 nitrogen and oxygen atoms in total. The number of piperazine rings is 2. The number of nitrogens with zero attached hydrogens (tertiary/aromatic N) is 8. The van der Waals surface area contributed by atoms with Crippen molar-refractivity contribution in [3.63, 3.8) is 0 Å². The summed E-state index contributed by atoms with van der Waals surface area (Å²) in [5, 5.41) is 12.2. The van der Waals surface area contributed by atoms with Crippen LogP contribution in [-0.2, 0) is 20.9 Å². The molecule has 19 heteroatoms. The molecule has 2 aromatic carbocycles. The van der Waals surface area contributed by atoms with E-state index < -0.39 is 46.8 Å². The summed E-state index contributed by atoms with van der Waals surface area (Å²) in [6, 6.07) is 8.63. The van der Waals surface area contributed by atoms with Crippen LogP contribution in [-0.4, -0.2) is 162 Å². The first-order chi connectivity index (χ1) is 32.2. The minimum absolute atomic E-state index is 0.0258. The number of carbonyl (C=O) groups excluding carboxylic acids is 5. The Balaban J connectivity index is 0.691. The normalized spacial score (nSPS) is 22.5. The van der Waals surface area contributed by atoms with Crippen LogP contribution in [0.5, 0.6) is 0 Å². The molecule has 5 saturated heterocycles. The molecule has 6 aliphatic heterocycles. The number of imide groups is 2. The molecule has 1 aromatic heterocycles. The molecule has 0 saturated carbocycles. The average molecular weight is 925 g/mol. The predicted molar refractivity (Wildman–Crippen MR) is 249 cm³/mol. The topological polar surface area (TPSA) is 179 Å². The van der Waals surface area contributed by atoms with Gasteiger partial charge in [-0.2, -0.15) is 0 Å². The van der Waals surface area contributed by atoms with Crippen LogP contribution < -0.4 is 31.1 Å². The van der Waals surface area contributed by atoms with Gasteiger partial charge >= 0.3 is 0 Å². The lowest BCUT2D eigenvalue weighted by atomic mass is 9.82. The minimum Gasteiger partial charge on any atom is -0.384 e. The Hall–Kier alpha value is -5.79. The van der Waals surface area contributed by atoms with E-state index in [4.69, 9.17) is 0 Å². The SMILES string of the molecule is CC1(C)CCN(Cc2cc(F)c(N3CC(=O)NC4(CCN(c5cc(NCCN6CCN(CCCNc7cccc8c7C(=O)N(C7CCC(=O)NC7=O)C8=O)CC6)ncn5)CC4)C3)cc2F)CC1. The Morgan fingerprint density at radius 2 is 1.51 bits per heavy atom. The number of hydrogen-bond donors (Lipinski definition) is 4. The first kappa shape index (κ1) is 46.3. The monoisotopic (exact) mass is 924 g/mol. The highest BCUT2D eigenvalue weighted by Gasteiger charge is 2.46. The first-order valence-electron chi connectivity index (χ1n) is 23.8. The Labute approximate surface area is 390 Å². The van der Waals surface area contributed by atoms with Crippen molar-refractivity contribution in [3.05, 3.63) is 71.1 Å². The number of carbonyl (C=O) groups is 5. The number of aromatic nitrogens is 2. The zero-order valence-electron chi connectivity index (χ0n) is 38.6. The maximum absolute atomic E-state index is 15.7. The van der Waals surface area contributed by atoms with Crippen LogP contribution in [0.2, 0.25) is 0 Å². The molecule has 5 amide bonds. The lowest BCUT2D eigenvalue weighted by Gasteiger charge is -2.48. The van der Waals surface area contributed by atoms with Gasteiger partial charge in [0.25, 0.3) is 11.8 Å². The predicted octanol–water partition coefficient (Wildman–Crippen LogP) is 3.29. The van der Waals surface area contributed by atoms with Crippen LogP contribution in [0.15, 0.2) is 42.7 Å². The van der Waals surface area contributed by atoms with E-state index in [1.165, 1.54) is 12.1 Å². The van der Waals surface area contributed by atoms with Gasteiger partial charge in [0.2, 0.25) is 17.7 Å². The lowest BCUT2D eigenvalue weighted by Crippen LogP contribution is -2.66. The summed E-state index contributed by atoms with van der Waals surface area (Å²) in [6.45, 7) is 15.0.